The highest BCUT2D eigenvalue weighted by Gasteiger charge is 2.40. The number of halogens is 1. The van der Waals surface area contributed by atoms with Crippen LogP contribution in [0.4, 0.5) is 0 Å². The Labute approximate surface area is 168 Å². The van der Waals surface area contributed by atoms with Crippen LogP contribution in [0.15, 0.2) is 77.1 Å². The van der Waals surface area contributed by atoms with Crippen LogP contribution in [0.25, 0.3) is 0 Å². The Morgan fingerprint density at radius 1 is 0.893 bits per heavy atom. The van der Waals surface area contributed by atoms with Crippen LogP contribution in [0.3, 0.4) is 0 Å². The second-order valence-electron chi connectivity index (χ2n) is 6.63. The molecule has 0 amide bonds. The Hall–Kier alpha value is -3.05. The van der Waals surface area contributed by atoms with E-state index in [1.54, 1.807) is 43.0 Å². The van der Waals surface area contributed by atoms with Gasteiger partial charge in [0.1, 0.15) is 0 Å². The zero-order chi connectivity index (χ0) is 20.4. The molecule has 3 rings (SSSR count). The number of carbonyl (C=O) groups is 2. The molecule has 1 heterocycles. The molecule has 0 aromatic heterocycles. The van der Waals surface area contributed by atoms with Crippen molar-refractivity contribution in [1.82, 2.24) is 4.90 Å². The Morgan fingerprint density at radius 3 is 1.89 bits per heavy atom. The minimum absolute atomic E-state index is 0.0204. The van der Waals surface area contributed by atoms with Crippen LogP contribution in [-0.2, 0) is 16.1 Å². The largest absolute Gasteiger partial charge is 0.478 e. The fourth-order valence-corrected chi connectivity index (χ4v) is 3.93. The van der Waals surface area contributed by atoms with Gasteiger partial charge in [-0.2, -0.15) is 0 Å². The second kappa shape index (κ2) is 7.90. The molecule has 0 atom stereocenters. The van der Waals surface area contributed by atoms with Gasteiger partial charge in [-0.15, -0.1) is 0 Å². The lowest BCUT2D eigenvalue weighted by Crippen LogP contribution is -2.34. The van der Waals surface area contributed by atoms with Gasteiger partial charge in [-0.3, -0.25) is 0 Å². The zero-order valence-corrected chi connectivity index (χ0v) is 16.3. The lowest BCUT2D eigenvalue weighted by atomic mass is 9.79. The monoisotopic (exact) mass is 397 g/mol. The molecule has 0 fully saturated rings. The summed E-state index contributed by atoms with van der Waals surface area (Å²) in [5.74, 6) is -3.27. The Balaban J connectivity index is 2.22. The van der Waals surface area contributed by atoms with Gasteiger partial charge < -0.3 is 15.1 Å². The quantitative estimate of drug-likeness (QED) is 0.767. The molecule has 1 aliphatic heterocycles. The standard InChI is InChI=1S/C22H20ClNO4/c1-13-18(21(25)26)20(16-10-6-7-11-17(16)23)19(22(27)28)14(2)24(13)12-15-8-4-3-5-9-15/h3-11,20H,12H2,1-2H3,(H,25,26)(H,27,28). The smallest absolute Gasteiger partial charge is 0.334 e. The molecule has 0 aliphatic carbocycles. The normalized spacial score (nSPS) is 15.2. The molecule has 28 heavy (non-hydrogen) atoms. The molecule has 1 aliphatic rings. The van der Waals surface area contributed by atoms with Crippen molar-refractivity contribution < 1.29 is 19.8 Å². The van der Waals surface area contributed by atoms with E-state index in [1.165, 1.54) is 0 Å². The molecule has 2 N–H and O–H groups in total. The van der Waals surface area contributed by atoms with Gasteiger partial charge in [-0.25, -0.2) is 9.59 Å². The van der Waals surface area contributed by atoms with E-state index in [9.17, 15) is 19.8 Å². The van der Waals surface area contributed by atoms with Crippen molar-refractivity contribution in [2.45, 2.75) is 26.3 Å². The zero-order valence-electron chi connectivity index (χ0n) is 15.5. The number of rotatable bonds is 5. The van der Waals surface area contributed by atoms with Crippen molar-refractivity contribution in [3.63, 3.8) is 0 Å². The average Bonchev–Trinajstić information content (AvgIpc) is 2.65. The highest BCUT2D eigenvalue weighted by Crippen LogP contribution is 2.44. The summed E-state index contributed by atoms with van der Waals surface area (Å²) in [6, 6.07) is 16.3. The minimum Gasteiger partial charge on any atom is -0.478 e. The summed E-state index contributed by atoms with van der Waals surface area (Å²) in [6.07, 6.45) is 0. The first-order valence-electron chi connectivity index (χ1n) is 8.77. The molecular formula is C22H20ClNO4. The van der Waals surface area contributed by atoms with Crippen molar-refractivity contribution in [3.8, 4) is 0 Å². The van der Waals surface area contributed by atoms with Gasteiger partial charge >= 0.3 is 11.9 Å². The molecule has 0 saturated carbocycles. The molecule has 144 valence electrons. The van der Waals surface area contributed by atoms with Crippen LogP contribution in [0.5, 0.6) is 0 Å². The topological polar surface area (TPSA) is 77.8 Å². The highest BCUT2D eigenvalue weighted by atomic mass is 35.5. The summed E-state index contributed by atoms with van der Waals surface area (Å²) in [4.78, 5) is 26.1. The maximum Gasteiger partial charge on any atom is 0.334 e. The van der Waals surface area contributed by atoms with Gasteiger partial charge in [0.05, 0.1) is 17.1 Å². The van der Waals surface area contributed by atoms with Gasteiger partial charge in [-0.05, 0) is 31.0 Å². The van der Waals surface area contributed by atoms with Crippen LogP contribution in [0.1, 0.15) is 30.9 Å². The number of hydrogen-bond acceptors (Lipinski definition) is 3. The van der Waals surface area contributed by atoms with Crippen LogP contribution >= 0.6 is 11.6 Å². The fraction of sp³-hybridized carbons (Fsp3) is 0.182. The van der Waals surface area contributed by atoms with E-state index in [4.69, 9.17) is 11.6 Å². The first-order chi connectivity index (χ1) is 13.3. The van der Waals surface area contributed by atoms with Gasteiger partial charge in [-0.1, -0.05) is 60.1 Å². The Kier molecular flexibility index (Phi) is 5.56. The van der Waals surface area contributed by atoms with E-state index in [0.717, 1.165) is 5.56 Å². The maximum absolute atomic E-state index is 12.2. The maximum atomic E-state index is 12.2. The summed E-state index contributed by atoms with van der Waals surface area (Å²) in [5.41, 5.74) is 2.47. The molecule has 2 aromatic carbocycles. The van der Waals surface area contributed by atoms with Crippen LogP contribution in [-0.4, -0.2) is 27.1 Å². The summed E-state index contributed by atoms with van der Waals surface area (Å²) in [7, 11) is 0. The van der Waals surface area contributed by atoms with Crippen LogP contribution < -0.4 is 0 Å². The third-order valence-electron chi connectivity index (χ3n) is 5.03. The number of carboxylic acids is 2. The van der Waals surface area contributed by atoms with E-state index in [2.05, 4.69) is 0 Å². The number of allylic oxidation sites excluding steroid dienone is 2. The summed E-state index contributed by atoms with van der Waals surface area (Å²) >= 11 is 6.31. The molecule has 2 aromatic rings. The van der Waals surface area contributed by atoms with E-state index in [-0.39, 0.29) is 11.1 Å². The molecular weight excluding hydrogens is 378 g/mol. The first kappa shape index (κ1) is 19.7. The molecule has 0 unspecified atom stereocenters. The van der Waals surface area contributed by atoms with Crippen molar-refractivity contribution >= 4 is 23.5 Å². The van der Waals surface area contributed by atoms with Gasteiger partial charge in [0, 0.05) is 23.0 Å². The summed E-state index contributed by atoms with van der Waals surface area (Å²) in [6.45, 7) is 3.79. The van der Waals surface area contributed by atoms with Crippen LogP contribution in [0.2, 0.25) is 5.02 Å². The molecule has 0 spiro atoms. The number of aliphatic carboxylic acids is 2. The summed E-state index contributed by atoms with van der Waals surface area (Å²) in [5, 5.41) is 20.3. The predicted molar refractivity (Wildman–Crippen MR) is 107 cm³/mol. The van der Waals surface area contributed by atoms with Gasteiger partial charge in [0.25, 0.3) is 0 Å². The molecule has 0 radical (unpaired) electrons. The predicted octanol–water partition coefficient (Wildman–Crippen LogP) is 4.66. The third-order valence-corrected chi connectivity index (χ3v) is 5.37. The second-order valence-corrected chi connectivity index (χ2v) is 7.04. The Bertz CT molecular complexity index is 957. The molecule has 5 nitrogen and oxygen atoms in total. The summed E-state index contributed by atoms with van der Waals surface area (Å²) < 4.78 is 0. The van der Waals surface area contributed by atoms with Crippen molar-refractivity contribution in [3.05, 3.63) is 93.3 Å². The average molecular weight is 398 g/mol. The van der Waals surface area contributed by atoms with Crippen molar-refractivity contribution in [1.29, 1.82) is 0 Å². The van der Waals surface area contributed by atoms with E-state index >= 15 is 0 Å². The lowest BCUT2D eigenvalue weighted by Gasteiger charge is -2.37. The third kappa shape index (κ3) is 3.53. The molecule has 0 saturated heterocycles. The minimum atomic E-state index is -1.16. The SMILES string of the molecule is CC1=C(C(=O)O)C(c2ccccc2Cl)C(C(=O)O)=C(C)N1Cc1ccccc1. The molecule has 0 bridgehead atoms. The van der Waals surface area contributed by atoms with E-state index in [0.29, 0.717) is 28.5 Å². The first-order valence-corrected chi connectivity index (χ1v) is 9.14. The highest BCUT2D eigenvalue weighted by molar-refractivity contribution is 6.31. The fourth-order valence-electron chi connectivity index (χ4n) is 3.68. The number of hydrogen-bond donors (Lipinski definition) is 2. The van der Waals surface area contributed by atoms with Crippen molar-refractivity contribution in [2.75, 3.05) is 0 Å². The van der Waals surface area contributed by atoms with E-state index < -0.39 is 17.9 Å². The number of benzene rings is 2. The van der Waals surface area contributed by atoms with Gasteiger partial charge in [0.2, 0.25) is 0 Å². The number of carboxylic acid groups (broad SMARTS) is 2. The Morgan fingerprint density at radius 2 is 1.39 bits per heavy atom. The van der Waals surface area contributed by atoms with Crippen LogP contribution in [0, 0.1) is 0 Å². The van der Waals surface area contributed by atoms with E-state index in [1.807, 2.05) is 30.3 Å². The molecule has 6 heteroatoms. The lowest BCUT2D eigenvalue weighted by molar-refractivity contribution is -0.133. The number of nitrogens with zero attached hydrogens (tertiary/aromatic N) is 1. The van der Waals surface area contributed by atoms with Crippen molar-refractivity contribution in [2.24, 2.45) is 0 Å². The van der Waals surface area contributed by atoms with Gasteiger partial charge in [0.15, 0.2) is 0 Å².